The molecule has 6 aromatic rings. The minimum absolute atomic E-state index is 0.912. The predicted molar refractivity (Wildman–Crippen MR) is 124 cm³/mol. The highest BCUT2D eigenvalue weighted by atomic mass is 15.1. The van der Waals surface area contributed by atoms with E-state index in [1.165, 1.54) is 10.8 Å². The van der Waals surface area contributed by atoms with Crippen LogP contribution in [0.1, 0.15) is 5.69 Å². The molecule has 0 amide bonds. The molecule has 6 rings (SSSR count). The topological polar surface area (TPSA) is 30.7 Å². The molecule has 0 N–H and O–H groups in total. The van der Waals surface area contributed by atoms with Gasteiger partial charge in [-0.2, -0.15) is 0 Å². The van der Waals surface area contributed by atoms with E-state index >= 15 is 0 Å². The third-order valence-corrected chi connectivity index (χ3v) is 5.65. The summed E-state index contributed by atoms with van der Waals surface area (Å²) in [5.74, 6) is 0.912. The third kappa shape index (κ3) is 2.45. The van der Waals surface area contributed by atoms with Gasteiger partial charge in [-0.1, -0.05) is 72.8 Å². The van der Waals surface area contributed by atoms with Crippen molar-refractivity contribution >= 4 is 32.7 Å². The van der Waals surface area contributed by atoms with Crippen molar-refractivity contribution in [3.8, 4) is 17.1 Å². The highest BCUT2D eigenvalue weighted by molar-refractivity contribution is 6.23. The fraction of sp³-hybridized carbons (Fsp3) is 0.0370. The van der Waals surface area contributed by atoms with E-state index in [-0.39, 0.29) is 0 Å². The fourth-order valence-corrected chi connectivity index (χ4v) is 4.38. The maximum Gasteiger partial charge on any atom is 0.137 e. The van der Waals surface area contributed by atoms with Crippen LogP contribution in [0.25, 0.3) is 49.8 Å². The van der Waals surface area contributed by atoms with Gasteiger partial charge in [-0.25, -0.2) is 9.97 Å². The van der Waals surface area contributed by atoms with E-state index < -0.39 is 0 Å². The van der Waals surface area contributed by atoms with Gasteiger partial charge in [-0.15, -0.1) is 0 Å². The normalized spacial score (nSPS) is 11.5. The summed E-state index contributed by atoms with van der Waals surface area (Å²) in [6.45, 7) is 2.03. The molecule has 0 saturated carbocycles. The van der Waals surface area contributed by atoms with Crippen LogP contribution in [0.2, 0.25) is 0 Å². The van der Waals surface area contributed by atoms with Gasteiger partial charge in [0, 0.05) is 27.4 Å². The number of nitrogens with zero attached hydrogens (tertiary/aromatic N) is 3. The molecule has 3 nitrogen and oxygen atoms in total. The Morgan fingerprint density at radius 1 is 0.633 bits per heavy atom. The summed E-state index contributed by atoms with van der Waals surface area (Å²) < 4.78 is 2.26. The molecule has 142 valence electrons. The van der Waals surface area contributed by atoms with Gasteiger partial charge in [0.15, 0.2) is 0 Å². The Hall–Kier alpha value is -3.98. The Kier molecular flexibility index (Phi) is 3.68. The molecule has 0 unspecified atom stereocenters. The number of pyridine rings is 2. The van der Waals surface area contributed by atoms with Gasteiger partial charge in [0.05, 0.1) is 22.2 Å². The van der Waals surface area contributed by atoms with Gasteiger partial charge in [0.1, 0.15) is 5.82 Å². The zero-order chi connectivity index (χ0) is 20.1. The van der Waals surface area contributed by atoms with E-state index in [4.69, 9.17) is 9.97 Å². The quantitative estimate of drug-likeness (QED) is 0.332. The maximum absolute atomic E-state index is 5.13. The van der Waals surface area contributed by atoms with E-state index in [0.29, 0.717) is 0 Å². The second-order valence-electron chi connectivity index (χ2n) is 7.56. The molecular formula is C27H19N3. The third-order valence-electron chi connectivity index (χ3n) is 5.65. The number of hydrogen-bond acceptors (Lipinski definition) is 2. The summed E-state index contributed by atoms with van der Waals surface area (Å²) in [7, 11) is 0. The van der Waals surface area contributed by atoms with Crippen molar-refractivity contribution in [2.24, 2.45) is 0 Å². The van der Waals surface area contributed by atoms with Crippen LogP contribution < -0.4 is 0 Å². The summed E-state index contributed by atoms with van der Waals surface area (Å²) in [6.07, 6.45) is 0. The molecule has 3 aromatic heterocycles. The fourth-order valence-electron chi connectivity index (χ4n) is 4.38. The lowest BCUT2D eigenvalue weighted by molar-refractivity contribution is 1.05. The number of hydrogen-bond donors (Lipinski definition) is 0. The first-order valence-corrected chi connectivity index (χ1v) is 10.1. The van der Waals surface area contributed by atoms with Crippen molar-refractivity contribution in [1.82, 2.24) is 14.5 Å². The Balaban J connectivity index is 1.91. The first-order valence-electron chi connectivity index (χ1n) is 10.1. The van der Waals surface area contributed by atoms with Gasteiger partial charge in [-0.05, 0) is 31.2 Å². The van der Waals surface area contributed by atoms with Crippen molar-refractivity contribution in [2.75, 3.05) is 0 Å². The highest BCUT2D eigenvalue weighted by Gasteiger charge is 2.20. The molecule has 0 atom stereocenters. The number of fused-ring (bicyclic) bond motifs is 5. The molecule has 0 bridgehead atoms. The van der Waals surface area contributed by atoms with E-state index in [9.17, 15) is 0 Å². The summed E-state index contributed by atoms with van der Waals surface area (Å²) in [6, 6.07) is 33.6. The number of benzene rings is 3. The van der Waals surface area contributed by atoms with E-state index in [1.807, 2.05) is 19.1 Å². The molecule has 0 fully saturated rings. The minimum atomic E-state index is 0.912. The molecule has 0 saturated heterocycles. The van der Waals surface area contributed by atoms with Crippen molar-refractivity contribution in [2.45, 2.75) is 6.92 Å². The lowest BCUT2D eigenvalue weighted by Crippen LogP contribution is -2.00. The molecule has 0 aliphatic carbocycles. The molecule has 0 radical (unpaired) electrons. The van der Waals surface area contributed by atoms with Crippen LogP contribution >= 0.6 is 0 Å². The molecule has 3 aromatic carbocycles. The maximum atomic E-state index is 5.13. The molecule has 30 heavy (non-hydrogen) atoms. The molecule has 3 heterocycles. The standard InChI is InChI=1S/C27H19N3/c1-18-10-9-17-24(28-18)30-23-16-8-6-14-21(23)25-20-13-5-7-15-22(20)29-26(27(25)30)19-11-3-2-4-12-19/h2-17H,1H3. The van der Waals surface area contributed by atoms with Crippen molar-refractivity contribution in [3.63, 3.8) is 0 Å². The van der Waals surface area contributed by atoms with Crippen LogP contribution in [0.4, 0.5) is 0 Å². The number of aromatic nitrogens is 3. The van der Waals surface area contributed by atoms with Crippen molar-refractivity contribution in [3.05, 3.63) is 103 Å². The lowest BCUT2D eigenvalue weighted by Gasteiger charge is -2.12. The number of para-hydroxylation sites is 2. The van der Waals surface area contributed by atoms with Crippen LogP contribution in [0.15, 0.2) is 97.1 Å². The summed E-state index contributed by atoms with van der Waals surface area (Å²) in [5, 5.41) is 3.60. The zero-order valence-electron chi connectivity index (χ0n) is 16.6. The van der Waals surface area contributed by atoms with Crippen LogP contribution in [-0.2, 0) is 0 Å². The Morgan fingerprint density at radius 2 is 1.37 bits per heavy atom. The second kappa shape index (κ2) is 6.53. The lowest BCUT2D eigenvalue weighted by atomic mass is 10.0. The summed E-state index contributed by atoms with van der Waals surface area (Å²) in [4.78, 5) is 9.99. The number of aryl methyl sites for hydroxylation is 1. The molecule has 0 spiro atoms. The van der Waals surface area contributed by atoms with Crippen LogP contribution in [0, 0.1) is 6.92 Å². The second-order valence-corrected chi connectivity index (χ2v) is 7.56. The first kappa shape index (κ1) is 16.9. The first-order chi connectivity index (χ1) is 14.8. The monoisotopic (exact) mass is 385 g/mol. The van der Waals surface area contributed by atoms with Crippen molar-refractivity contribution < 1.29 is 0 Å². The highest BCUT2D eigenvalue weighted by Crippen LogP contribution is 2.40. The average molecular weight is 385 g/mol. The van der Waals surface area contributed by atoms with Crippen molar-refractivity contribution in [1.29, 1.82) is 0 Å². The van der Waals surface area contributed by atoms with Crippen LogP contribution in [0.5, 0.6) is 0 Å². The van der Waals surface area contributed by atoms with E-state index in [2.05, 4.69) is 89.5 Å². The van der Waals surface area contributed by atoms with Gasteiger partial charge >= 0.3 is 0 Å². The smallest absolute Gasteiger partial charge is 0.137 e. The van der Waals surface area contributed by atoms with E-state index in [1.54, 1.807) is 0 Å². The predicted octanol–water partition coefficient (Wildman–Crippen LogP) is 6.70. The summed E-state index contributed by atoms with van der Waals surface area (Å²) >= 11 is 0. The van der Waals surface area contributed by atoms with Gasteiger partial charge in [0.25, 0.3) is 0 Å². The zero-order valence-corrected chi connectivity index (χ0v) is 16.6. The SMILES string of the molecule is Cc1cccc(-n2c3ccccc3c3c4ccccc4nc(-c4ccccc4)c32)n1. The minimum Gasteiger partial charge on any atom is -0.292 e. The van der Waals surface area contributed by atoms with Gasteiger partial charge in [0.2, 0.25) is 0 Å². The van der Waals surface area contributed by atoms with Crippen LogP contribution in [0.3, 0.4) is 0 Å². The molecular weight excluding hydrogens is 366 g/mol. The van der Waals surface area contributed by atoms with Gasteiger partial charge in [-0.3, -0.25) is 4.57 Å². The molecule has 0 aliphatic rings. The molecule has 3 heteroatoms. The largest absolute Gasteiger partial charge is 0.292 e. The van der Waals surface area contributed by atoms with Gasteiger partial charge < -0.3 is 0 Å². The number of rotatable bonds is 2. The molecule has 0 aliphatic heterocycles. The summed E-state index contributed by atoms with van der Waals surface area (Å²) in [5.41, 5.74) is 6.31. The Labute approximate surface area is 174 Å². The Bertz CT molecular complexity index is 1550. The van der Waals surface area contributed by atoms with Crippen LogP contribution in [-0.4, -0.2) is 14.5 Å². The average Bonchev–Trinajstić information content (AvgIpc) is 3.15. The Morgan fingerprint density at radius 3 is 2.20 bits per heavy atom. The van der Waals surface area contributed by atoms with E-state index in [0.717, 1.165) is 44.7 Å².